The van der Waals surface area contributed by atoms with Gasteiger partial charge in [0.25, 0.3) is 0 Å². The number of hydrogen-bond donors (Lipinski definition) is 1. The largest absolute Gasteiger partial charge is 0.478 e. The Morgan fingerprint density at radius 3 is 2.60 bits per heavy atom. The fourth-order valence-corrected chi connectivity index (χ4v) is 2.60. The van der Waals surface area contributed by atoms with Crippen LogP contribution in [0.5, 0.6) is 0 Å². The van der Waals surface area contributed by atoms with E-state index in [9.17, 15) is 14.7 Å². The predicted octanol–water partition coefficient (Wildman–Crippen LogP) is 1.44. The van der Waals surface area contributed by atoms with E-state index in [1.54, 1.807) is 24.1 Å². The molecule has 1 aromatic rings. The van der Waals surface area contributed by atoms with Crippen LogP contribution in [0.15, 0.2) is 24.3 Å². The maximum atomic E-state index is 12.2. The molecule has 0 radical (unpaired) electrons. The first-order valence-corrected chi connectivity index (χ1v) is 6.66. The molecule has 0 bridgehead atoms. The lowest BCUT2D eigenvalue weighted by Crippen LogP contribution is -2.61. The monoisotopic (exact) mass is 276 g/mol. The van der Waals surface area contributed by atoms with Crippen molar-refractivity contribution in [3.8, 4) is 0 Å². The highest BCUT2D eigenvalue weighted by Crippen LogP contribution is 2.24. The lowest BCUT2D eigenvalue weighted by Gasteiger charge is -2.44. The molecule has 1 aromatic carbocycles. The molecule has 0 atom stereocenters. The Balaban J connectivity index is 2.26. The Bertz CT molecular complexity index is 540. The normalized spacial score (nSPS) is 19.1. The molecule has 1 aliphatic rings. The minimum Gasteiger partial charge on any atom is -0.478 e. The number of benzene rings is 1. The molecule has 1 fully saturated rings. The summed E-state index contributed by atoms with van der Waals surface area (Å²) in [4.78, 5) is 27.2. The van der Waals surface area contributed by atoms with Crippen molar-refractivity contribution in [2.75, 3.05) is 20.1 Å². The predicted molar refractivity (Wildman–Crippen MR) is 75.5 cm³/mol. The van der Waals surface area contributed by atoms with E-state index >= 15 is 0 Å². The molecule has 108 valence electrons. The van der Waals surface area contributed by atoms with Gasteiger partial charge >= 0.3 is 5.97 Å². The highest BCUT2D eigenvalue weighted by atomic mass is 16.4. The third kappa shape index (κ3) is 2.54. The van der Waals surface area contributed by atoms with Gasteiger partial charge in [-0.2, -0.15) is 0 Å². The highest BCUT2D eigenvalue weighted by molar-refractivity contribution is 5.89. The zero-order valence-corrected chi connectivity index (χ0v) is 12.1. The third-order valence-corrected chi connectivity index (χ3v) is 3.97. The van der Waals surface area contributed by atoms with E-state index in [0.29, 0.717) is 18.7 Å². The zero-order chi connectivity index (χ0) is 14.9. The first-order chi connectivity index (χ1) is 9.34. The van der Waals surface area contributed by atoms with Crippen molar-refractivity contribution in [2.24, 2.45) is 0 Å². The van der Waals surface area contributed by atoms with Crippen LogP contribution in [0.2, 0.25) is 0 Å². The fraction of sp³-hybridized carbons (Fsp3) is 0.467. The van der Waals surface area contributed by atoms with Gasteiger partial charge in [-0.1, -0.05) is 18.2 Å². The van der Waals surface area contributed by atoms with Gasteiger partial charge in [-0.05, 0) is 25.5 Å². The first-order valence-electron chi connectivity index (χ1n) is 6.66. The number of carboxylic acid groups (broad SMARTS) is 1. The van der Waals surface area contributed by atoms with Crippen LogP contribution in [0.25, 0.3) is 0 Å². The molecule has 5 nitrogen and oxygen atoms in total. The molecule has 0 unspecified atom stereocenters. The number of hydrogen-bond acceptors (Lipinski definition) is 3. The van der Waals surface area contributed by atoms with Gasteiger partial charge in [-0.25, -0.2) is 4.79 Å². The Hall–Kier alpha value is -1.88. The van der Waals surface area contributed by atoms with Gasteiger partial charge in [-0.3, -0.25) is 9.69 Å². The van der Waals surface area contributed by atoms with Gasteiger partial charge in [0.2, 0.25) is 5.91 Å². The van der Waals surface area contributed by atoms with Crippen molar-refractivity contribution in [3.05, 3.63) is 35.4 Å². The molecule has 20 heavy (non-hydrogen) atoms. The third-order valence-electron chi connectivity index (χ3n) is 3.97. The van der Waals surface area contributed by atoms with Gasteiger partial charge in [-0.15, -0.1) is 0 Å². The summed E-state index contributed by atoms with van der Waals surface area (Å²) in [6.45, 7) is 5.64. The van der Waals surface area contributed by atoms with Crippen molar-refractivity contribution in [2.45, 2.75) is 25.9 Å². The highest BCUT2D eigenvalue weighted by Gasteiger charge is 2.40. The Morgan fingerprint density at radius 1 is 1.30 bits per heavy atom. The summed E-state index contributed by atoms with van der Waals surface area (Å²) < 4.78 is 0. The molecule has 0 aromatic heterocycles. The Labute approximate surface area is 118 Å². The molecule has 1 amide bonds. The van der Waals surface area contributed by atoms with E-state index < -0.39 is 11.5 Å². The molecule has 0 spiro atoms. The quantitative estimate of drug-likeness (QED) is 0.907. The zero-order valence-electron chi connectivity index (χ0n) is 12.1. The SMILES string of the molecule is CN1CCN(Cc2ccccc2C(=O)O)C(C)(C)C1=O. The molecule has 1 aliphatic heterocycles. The summed E-state index contributed by atoms with van der Waals surface area (Å²) >= 11 is 0. The van der Waals surface area contributed by atoms with Crippen LogP contribution in [0.3, 0.4) is 0 Å². The molecule has 1 heterocycles. The smallest absolute Gasteiger partial charge is 0.336 e. The number of carbonyl (C=O) groups excluding carboxylic acids is 1. The lowest BCUT2D eigenvalue weighted by atomic mass is 9.96. The van der Waals surface area contributed by atoms with Crippen molar-refractivity contribution >= 4 is 11.9 Å². The van der Waals surface area contributed by atoms with Gasteiger partial charge in [0.1, 0.15) is 0 Å². The number of rotatable bonds is 3. The number of carboxylic acids is 1. The van der Waals surface area contributed by atoms with Gasteiger partial charge in [0, 0.05) is 26.7 Å². The molecular weight excluding hydrogens is 256 g/mol. The molecule has 1 saturated heterocycles. The molecule has 5 heteroatoms. The summed E-state index contributed by atoms with van der Waals surface area (Å²) in [7, 11) is 1.80. The summed E-state index contributed by atoms with van der Waals surface area (Å²) in [5.41, 5.74) is 0.429. The average molecular weight is 276 g/mol. The van der Waals surface area contributed by atoms with Gasteiger partial charge < -0.3 is 10.0 Å². The summed E-state index contributed by atoms with van der Waals surface area (Å²) in [5, 5.41) is 9.23. The van der Waals surface area contributed by atoms with Crippen LogP contribution in [0, 0.1) is 0 Å². The van der Waals surface area contributed by atoms with E-state index in [0.717, 1.165) is 12.1 Å². The van der Waals surface area contributed by atoms with E-state index in [4.69, 9.17) is 0 Å². The second kappa shape index (κ2) is 5.25. The second-order valence-electron chi connectivity index (χ2n) is 5.67. The van der Waals surface area contributed by atoms with Gasteiger partial charge in [0.05, 0.1) is 11.1 Å². The van der Waals surface area contributed by atoms with E-state index in [1.807, 2.05) is 30.9 Å². The topological polar surface area (TPSA) is 60.9 Å². The van der Waals surface area contributed by atoms with Crippen molar-refractivity contribution in [1.29, 1.82) is 0 Å². The molecular formula is C15H20N2O3. The minimum atomic E-state index is -0.932. The van der Waals surface area contributed by atoms with Crippen LogP contribution in [-0.4, -0.2) is 52.5 Å². The van der Waals surface area contributed by atoms with Crippen LogP contribution in [0.1, 0.15) is 29.8 Å². The van der Waals surface area contributed by atoms with Crippen molar-refractivity contribution in [1.82, 2.24) is 9.80 Å². The average Bonchev–Trinajstić information content (AvgIpc) is 2.40. The van der Waals surface area contributed by atoms with E-state index in [2.05, 4.69) is 0 Å². The van der Waals surface area contributed by atoms with Crippen LogP contribution in [0.4, 0.5) is 0 Å². The minimum absolute atomic E-state index is 0.0663. The Morgan fingerprint density at radius 2 is 1.95 bits per heavy atom. The maximum absolute atomic E-state index is 12.2. The van der Waals surface area contributed by atoms with Crippen molar-refractivity contribution < 1.29 is 14.7 Å². The number of carbonyl (C=O) groups is 2. The summed E-state index contributed by atoms with van der Waals surface area (Å²) in [5.74, 6) is -0.865. The van der Waals surface area contributed by atoms with E-state index in [1.165, 1.54) is 0 Å². The molecule has 1 N–H and O–H groups in total. The Kier molecular flexibility index (Phi) is 3.81. The van der Waals surface area contributed by atoms with Crippen LogP contribution in [-0.2, 0) is 11.3 Å². The standard InChI is InChI=1S/C15H20N2O3/c1-15(2)14(20)16(3)8-9-17(15)10-11-6-4-5-7-12(11)13(18)19/h4-7H,8-10H2,1-3H3,(H,18,19). The van der Waals surface area contributed by atoms with E-state index in [-0.39, 0.29) is 5.91 Å². The first kappa shape index (κ1) is 14.5. The fourth-order valence-electron chi connectivity index (χ4n) is 2.60. The van der Waals surface area contributed by atoms with Crippen molar-refractivity contribution in [3.63, 3.8) is 0 Å². The molecule has 0 saturated carbocycles. The molecule has 0 aliphatic carbocycles. The number of aromatic carboxylic acids is 1. The number of likely N-dealkylation sites (N-methyl/N-ethyl adjacent to an activating group) is 1. The lowest BCUT2D eigenvalue weighted by molar-refractivity contribution is -0.147. The van der Waals surface area contributed by atoms with Crippen LogP contribution >= 0.6 is 0 Å². The number of amides is 1. The summed E-state index contributed by atoms with van der Waals surface area (Å²) in [6, 6.07) is 6.95. The van der Waals surface area contributed by atoms with Crippen LogP contribution < -0.4 is 0 Å². The van der Waals surface area contributed by atoms with Gasteiger partial charge in [0.15, 0.2) is 0 Å². The molecule has 2 rings (SSSR count). The summed E-state index contributed by atoms with van der Waals surface area (Å²) in [6.07, 6.45) is 0. The number of nitrogens with zero attached hydrogens (tertiary/aromatic N) is 2. The number of piperazine rings is 1. The maximum Gasteiger partial charge on any atom is 0.336 e. The second-order valence-corrected chi connectivity index (χ2v) is 5.67.